The van der Waals surface area contributed by atoms with Gasteiger partial charge < -0.3 is 19.5 Å². The fourth-order valence-corrected chi connectivity index (χ4v) is 3.23. The fourth-order valence-electron chi connectivity index (χ4n) is 3.23. The number of benzene rings is 1. The lowest BCUT2D eigenvalue weighted by Crippen LogP contribution is -2.34. The molecule has 2 aromatic heterocycles. The van der Waals surface area contributed by atoms with Crippen LogP contribution in [0.25, 0.3) is 11.4 Å². The highest BCUT2D eigenvalue weighted by Gasteiger charge is 2.27. The number of nitrogens with one attached hydrogen (secondary N) is 1. The second kappa shape index (κ2) is 8.14. The Balaban J connectivity index is 1.45. The van der Waals surface area contributed by atoms with Crippen molar-refractivity contribution in [3.63, 3.8) is 0 Å². The zero-order valence-electron chi connectivity index (χ0n) is 16.1. The average molecular weight is 392 g/mol. The number of carbonyl (C=O) groups excluding carboxylic acids is 1. The molecule has 0 fully saturated rings. The minimum Gasteiger partial charge on any atom is -0.487 e. The number of methoxy groups -OCH3 is 2. The van der Waals surface area contributed by atoms with Gasteiger partial charge >= 0.3 is 0 Å². The summed E-state index contributed by atoms with van der Waals surface area (Å²) in [6.45, 7) is 0.345. The molecular weight excluding hydrogens is 372 g/mol. The van der Waals surface area contributed by atoms with Crippen molar-refractivity contribution in [2.75, 3.05) is 20.8 Å². The van der Waals surface area contributed by atoms with Crippen LogP contribution in [0.5, 0.6) is 17.5 Å². The first kappa shape index (κ1) is 18.7. The number of amides is 1. The van der Waals surface area contributed by atoms with Crippen molar-refractivity contribution < 1.29 is 19.0 Å². The van der Waals surface area contributed by atoms with Gasteiger partial charge in [0.25, 0.3) is 5.91 Å². The topological polar surface area (TPSA) is 95.5 Å². The number of para-hydroxylation sites is 1. The summed E-state index contributed by atoms with van der Waals surface area (Å²) >= 11 is 0. The van der Waals surface area contributed by atoms with Crippen LogP contribution in [0.3, 0.4) is 0 Å². The van der Waals surface area contributed by atoms with Crippen molar-refractivity contribution in [3.05, 3.63) is 59.9 Å². The Morgan fingerprint density at radius 1 is 1.14 bits per heavy atom. The van der Waals surface area contributed by atoms with E-state index in [-0.39, 0.29) is 17.9 Å². The van der Waals surface area contributed by atoms with Gasteiger partial charge in [-0.3, -0.25) is 4.79 Å². The molecule has 0 aliphatic carbocycles. The maximum Gasteiger partial charge on any atom is 0.256 e. The van der Waals surface area contributed by atoms with E-state index in [0.717, 1.165) is 16.9 Å². The van der Waals surface area contributed by atoms with Crippen LogP contribution in [0.4, 0.5) is 0 Å². The SMILES string of the molecule is COc1ccc(C(=O)NC[C@@H]2Cc3cccc(-c4ncccn4)c3O2)c(OC)n1. The van der Waals surface area contributed by atoms with Gasteiger partial charge in [0.1, 0.15) is 17.4 Å². The Kier molecular flexibility index (Phi) is 5.24. The molecule has 0 saturated carbocycles. The highest BCUT2D eigenvalue weighted by atomic mass is 16.5. The van der Waals surface area contributed by atoms with Crippen molar-refractivity contribution in [2.45, 2.75) is 12.5 Å². The fraction of sp³-hybridized carbons (Fsp3) is 0.238. The van der Waals surface area contributed by atoms with Crippen molar-refractivity contribution in [3.8, 4) is 28.9 Å². The molecule has 3 aromatic rings. The molecule has 8 heteroatoms. The monoisotopic (exact) mass is 392 g/mol. The van der Waals surface area contributed by atoms with Gasteiger partial charge in [-0.2, -0.15) is 4.98 Å². The van der Waals surface area contributed by atoms with Crippen molar-refractivity contribution in [1.29, 1.82) is 0 Å². The van der Waals surface area contributed by atoms with E-state index in [9.17, 15) is 4.79 Å². The lowest BCUT2D eigenvalue weighted by Gasteiger charge is -2.14. The van der Waals surface area contributed by atoms with Crippen LogP contribution in [0.2, 0.25) is 0 Å². The second-order valence-corrected chi connectivity index (χ2v) is 6.43. The Morgan fingerprint density at radius 3 is 2.72 bits per heavy atom. The van der Waals surface area contributed by atoms with Crippen LogP contribution in [0, 0.1) is 0 Å². The van der Waals surface area contributed by atoms with E-state index in [1.165, 1.54) is 14.2 Å². The molecule has 0 radical (unpaired) electrons. The van der Waals surface area contributed by atoms with Gasteiger partial charge in [-0.1, -0.05) is 12.1 Å². The maximum absolute atomic E-state index is 12.6. The largest absolute Gasteiger partial charge is 0.487 e. The lowest BCUT2D eigenvalue weighted by molar-refractivity contribution is 0.0929. The van der Waals surface area contributed by atoms with Crippen LogP contribution < -0.4 is 19.5 Å². The Labute approximate surface area is 167 Å². The van der Waals surface area contributed by atoms with Crippen molar-refractivity contribution in [1.82, 2.24) is 20.3 Å². The summed E-state index contributed by atoms with van der Waals surface area (Å²) in [5.74, 6) is 1.68. The van der Waals surface area contributed by atoms with Gasteiger partial charge in [-0.15, -0.1) is 0 Å². The molecule has 1 aromatic carbocycles. The summed E-state index contributed by atoms with van der Waals surface area (Å²) in [6, 6.07) is 10.9. The molecule has 8 nitrogen and oxygen atoms in total. The molecule has 0 unspecified atom stereocenters. The molecule has 4 rings (SSSR count). The highest BCUT2D eigenvalue weighted by molar-refractivity contribution is 5.96. The van der Waals surface area contributed by atoms with E-state index in [0.29, 0.717) is 30.2 Å². The Hall–Kier alpha value is -3.68. The highest BCUT2D eigenvalue weighted by Crippen LogP contribution is 2.37. The van der Waals surface area contributed by atoms with Gasteiger partial charge in [0.15, 0.2) is 5.82 Å². The van der Waals surface area contributed by atoms with E-state index >= 15 is 0 Å². The zero-order valence-corrected chi connectivity index (χ0v) is 16.1. The maximum atomic E-state index is 12.6. The Bertz CT molecular complexity index is 1030. The van der Waals surface area contributed by atoms with Crippen molar-refractivity contribution >= 4 is 5.91 Å². The Morgan fingerprint density at radius 2 is 1.97 bits per heavy atom. The summed E-state index contributed by atoms with van der Waals surface area (Å²) in [5.41, 5.74) is 2.25. The molecule has 1 aliphatic rings. The van der Waals surface area contributed by atoms with E-state index in [1.807, 2.05) is 18.2 Å². The molecule has 0 spiro atoms. The van der Waals surface area contributed by atoms with Gasteiger partial charge in [0.05, 0.1) is 26.3 Å². The van der Waals surface area contributed by atoms with Crippen LogP contribution >= 0.6 is 0 Å². The number of hydrogen-bond donors (Lipinski definition) is 1. The third kappa shape index (κ3) is 3.82. The number of ether oxygens (including phenoxy) is 3. The van der Waals surface area contributed by atoms with Crippen LogP contribution in [-0.2, 0) is 6.42 Å². The van der Waals surface area contributed by atoms with E-state index < -0.39 is 0 Å². The minimum absolute atomic E-state index is 0.184. The first-order valence-corrected chi connectivity index (χ1v) is 9.12. The molecule has 1 N–H and O–H groups in total. The van der Waals surface area contributed by atoms with E-state index in [1.54, 1.807) is 30.6 Å². The van der Waals surface area contributed by atoms with E-state index in [4.69, 9.17) is 14.2 Å². The molecule has 0 saturated heterocycles. The molecule has 1 atom stereocenters. The van der Waals surface area contributed by atoms with Crippen LogP contribution in [0.1, 0.15) is 15.9 Å². The summed E-state index contributed by atoms with van der Waals surface area (Å²) in [7, 11) is 2.97. The molecule has 0 bridgehead atoms. The standard InChI is InChI=1S/C21H20N4O4/c1-27-17-8-7-16(21(25-17)28-2)20(26)24-12-14-11-13-5-3-6-15(18(13)29-14)19-22-9-4-10-23-19/h3-10,14H,11-12H2,1-2H3,(H,24,26)/t14-/m0/s1. The number of carbonyl (C=O) groups is 1. The minimum atomic E-state index is -0.289. The number of nitrogens with zero attached hydrogens (tertiary/aromatic N) is 3. The quantitative estimate of drug-likeness (QED) is 0.688. The summed E-state index contributed by atoms with van der Waals surface area (Å²) < 4.78 is 16.4. The second-order valence-electron chi connectivity index (χ2n) is 6.43. The van der Waals surface area contributed by atoms with E-state index in [2.05, 4.69) is 20.3 Å². The average Bonchev–Trinajstić information content (AvgIpc) is 3.20. The third-order valence-electron chi connectivity index (χ3n) is 4.61. The molecule has 3 heterocycles. The number of pyridine rings is 1. The normalized spacial score (nSPS) is 14.6. The predicted molar refractivity (Wildman–Crippen MR) is 105 cm³/mol. The first-order chi connectivity index (χ1) is 14.2. The number of rotatable bonds is 6. The molecular formula is C21H20N4O4. The first-order valence-electron chi connectivity index (χ1n) is 9.12. The number of fused-ring (bicyclic) bond motifs is 1. The molecule has 148 valence electrons. The zero-order chi connectivity index (χ0) is 20.2. The number of hydrogen-bond acceptors (Lipinski definition) is 7. The molecule has 1 aliphatic heterocycles. The predicted octanol–water partition coefficient (Wildman–Crippen LogP) is 2.29. The smallest absolute Gasteiger partial charge is 0.256 e. The van der Waals surface area contributed by atoms with Gasteiger partial charge in [0.2, 0.25) is 11.8 Å². The molecule has 29 heavy (non-hydrogen) atoms. The summed E-state index contributed by atoms with van der Waals surface area (Å²) in [5, 5.41) is 2.89. The van der Waals surface area contributed by atoms with Gasteiger partial charge in [0, 0.05) is 24.9 Å². The lowest BCUT2D eigenvalue weighted by atomic mass is 10.1. The molecule has 1 amide bonds. The summed E-state index contributed by atoms with van der Waals surface area (Å²) in [6.07, 6.45) is 3.90. The summed E-state index contributed by atoms with van der Waals surface area (Å²) in [4.78, 5) is 25.3. The van der Waals surface area contributed by atoms with Crippen molar-refractivity contribution in [2.24, 2.45) is 0 Å². The van der Waals surface area contributed by atoms with Gasteiger partial charge in [-0.05, 0) is 23.8 Å². The van der Waals surface area contributed by atoms with Crippen LogP contribution in [0.15, 0.2) is 48.8 Å². The number of aromatic nitrogens is 3. The van der Waals surface area contributed by atoms with Gasteiger partial charge in [-0.25, -0.2) is 9.97 Å². The van der Waals surface area contributed by atoms with Crippen LogP contribution in [-0.4, -0.2) is 47.7 Å². The third-order valence-corrected chi connectivity index (χ3v) is 4.61.